The van der Waals surface area contributed by atoms with Crippen molar-refractivity contribution in [3.05, 3.63) is 63.3 Å². The number of pyridine rings is 2. The zero-order chi connectivity index (χ0) is 21.6. The lowest BCUT2D eigenvalue weighted by molar-refractivity contribution is -0.128. The number of hydrogen-bond acceptors (Lipinski definition) is 6. The number of likely N-dealkylation sites (N-methyl/N-ethyl adjacent to an activating group) is 1. The van der Waals surface area contributed by atoms with Crippen molar-refractivity contribution in [2.45, 2.75) is 19.1 Å². The number of aromatic hydroxyl groups is 1. The Balaban J connectivity index is 1.97. The summed E-state index contributed by atoms with van der Waals surface area (Å²) in [5.74, 6) is -2.43. The fourth-order valence-corrected chi connectivity index (χ4v) is 3.52. The first-order valence-electron chi connectivity index (χ1n) is 9.01. The van der Waals surface area contributed by atoms with Gasteiger partial charge in [-0.25, -0.2) is 4.39 Å². The molecule has 154 valence electrons. The monoisotopic (exact) mass is 412 g/mol. The molecule has 0 aliphatic carbocycles. The molecule has 2 amide bonds. The van der Waals surface area contributed by atoms with Crippen molar-refractivity contribution in [1.82, 2.24) is 14.9 Å². The molecule has 2 aromatic heterocycles. The van der Waals surface area contributed by atoms with Gasteiger partial charge in [-0.3, -0.25) is 23.9 Å². The van der Waals surface area contributed by atoms with Crippen LogP contribution in [0.2, 0.25) is 0 Å². The second-order valence-corrected chi connectivity index (χ2v) is 6.84. The Morgan fingerprint density at radius 1 is 1.37 bits per heavy atom. The average Bonchev–Trinajstić information content (AvgIpc) is 2.73. The SMILES string of the molecule is CNC(=O)[C@@H]1Cn2c(=O)c(C(N)=O)c(O)c3ncc(Cc4ccc(F)cc4)c(c32)O1. The lowest BCUT2D eigenvalue weighted by Crippen LogP contribution is -2.45. The molecule has 3 heterocycles. The van der Waals surface area contributed by atoms with Crippen LogP contribution in [0.25, 0.3) is 11.0 Å². The van der Waals surface area contributed by atoms with Gasteiger partial charge in [-0.1, -0.05) is 12.1 Å². The molecule has 0 radical (unpaired) electrons. The van der Waals surface area contributed by atoms with Crippen LogP contribution in [0.1, 0.15) is 21.5 Å². The zero-order valence-corrected chi connectivity index (χ0v) is 15.8. The number of nitrogens with two attached hydrogens (primary N) is 1. The summed E-state index contributed by atoms with van der Waals surface area (Å²) in [6.07, 6.45) is 0.626. The standard InChI is InChI=1S/C20H17FN4O5/c1-23-19(28)12-8-25-15-14(16(26)13(18(22)27)20(25)29)24-7-10(17(15)30-12)6-9-2-4-11(21)5-3-9/h2-5,7,12,26H,6,8H2,1H3,(H2,22,27)(H,23,28)/t12-/m0/s1. The van der Waals surface area contributed by atoms with Crippen molar-refractivity contribution in [2.24, 2.45) is 5.73 Å². The van der Waals surface area contributed by atoms with Crippen molar-refractivity contribution >= 4 is 22.8 Å². The van der Waals surface area contributed by atoms with Crippen LogP contribution in [-0.4, -0.2) is 39.6 Å². The van der Waals surface area contributed by atoms with Crippen LogP contribution in [0.4, 0.5) is 4.39 Å². The molecule has 9 nitrogen and oxygen atoms in total. The summed E-state index contributed by atoms with van der Waals surface area (Å²) in [6, 6.07) is 5.80. The third kappa shape index (κ3) is 3.02. The number of nitrogens with zero attached hydrogens (tertiary/aromatic N) is 2. The Morgan fingerprint density at radius 2 is 2.07 bits per heavy atom. The van der Waals surface area contributed by atoms with E-state index in [0.29, 0.717) is 5.56 Å². The summed E-state index contributed by atoms with van der Waals surface area (Å²) in [5, 5.41) is 12.9. The highest BCUT2D eigenvalue weighted by molar-refractivity contribution is 6.02. The second-order valence-electron chi connectivity index (χ2n) is 6.84. The molecule has 10 heteroatoms. The van der Waals surface area contributed by atoms with Gasteiger partial charge in [0.15, 0.2) is 17.6 Å². The van der Waals surface area contributed by atoms with Gasteiger partial charge in [0.2, 0.25) is 0 Å². The van der Waals surface area contributed by atoms with E-state index in [-0.39, 0.29) is 35.6 Å². The van der Waals surface area contributed by atoms with Gasteiger partial charge >= 0.3 is 0 Å². The number of benzene rings is 1. The quantitative estimate of drug-likeness (QED) is 0.569. The van der Waals surface area contributed by atoms with E-state index in [4.69, 9.17) is 10.5 Å². The highest BCUT2D eigenvalue weighted by Crippen LogP contribution is 2.37. The van der Waals surface area contributed by atoms with Crippen molar-refractivity contribution < 1.29 is 23.8 Å². The average molecular weight is 412 g/mol. The maximum atomic E-state index is 13.2. The minimum atomic E-state index is -1.11. The topological polar surface area (TPSA) is 137 Å². The first-order valence-corrected chi connectivity index (χ1v) is 9.01. The van der Waals surface area contributed by atoms with Crippen LogP contribution >= 0.6 is 0 Å². The molecule has 4 N–H and O–H groups in total. The van der Waals surface area contributed by atoms with Crippen LogP contribution < -0.4 is 21.3 Å². The number of nitrogens with one attached hydrogen (secondary N) is 1. The normalized spacial score (nSPS) is 14.9. The number of primary amides is 1. The molecule has 0 unspecified atom stereocenters. The molecule has 1 atom stereocenters. The summed E-state index contributed by atoms with van der Waals surface area (Å²) >= 11 is 0. The Labute approximate surface area is 168 Å². The second kappa shape index (κ2) is 7.14. The van der Waals surface area contributed by atoms with Gasteiger partial charge in [0.05, 0.1) is 6.54 Å². The van der Waals surface area contributed by atoms with Crippen LogP contribution in [0.15, 0.2) is 35.3 Å². The van der Waals surface area contributed by atoms with Crippen molar-refractivity contribution in [3.63, 3.8) is 0 Å². The first-order chi connectivity index (χ1) is 14.3. The van der Waals surface area contributed by atoms with Gasteiger partial charge in [-0.15, -0.1) is 0 Å². The lowest BCUT2D eigenvalue weighted by atomic mass is 10.0. The van der Waals surface area contributed by atoms with Crippen LogP contribution in [-0.2, 0) is 17.8 Å². The van der Waals surface area contributed by atoms with E-state index in [1.807, 2.05) is 0 Å². The van der Waals surface area contributed by atoms with Gasteiger partial charge in [0.25, 0.3) is 17.4 Å². The summed E-state index contributed by atoms with van der Waals surface area (Å²) in [7, 11) is 1.43. The summed E-state index contributed by atoms with van der Waals surface area (Å²) < 4.78 is 20.3. The first kappa shape index (κ1) is 19.4. The summed E-state index contributed by atoms with van der Waals surface area (Å²) in [4.78, 5) is 41.1. The Kier molecular flexibility index (Phi) is 4.61. The van der Waals surface area contributed by atoms with E-state index < -0.39 is 34.8 Å². The smallest absolute Gasteiger partial charge is 0.268 e. The maximum Gasteiger partial charge on any atom is 0.268 e. The molecule has 0 bridgehead atoms. The van der Waals surface area contributed by atoms with E-state index in [9.17, 15) is 23.9 Å². The predicted octanol–water partition coefficient (Wildman–Crippen LogP) is 0.438. The van der Waals surface area contributed by atoms with E-state index in [2.05, 4.69) is 10.3 Å². The van der Waals surface area contributed by atoms with Crippen molar-refractivity contribution in [1.29, 1.82) is 0 Å². The number of amides is 2. The fourth-order valence-electron chi connectivity index (χ4n) is 3.52. The van der Waals surface area contributed by atoms with Crippen molar-refractivity contribution in [2.75, 3.05) is 7.05 Å². The Hall–Kier alpha value is -3.95. The number of carbonyl (C=O) groups excluding carboxylic acids is 2. The molecule has 1 aromatic carbocycles. The third-order valence-corrected chi connectivity index (χ3v) is 4.97. The number of rotatable bonds is 4. The number of hydrogen-bond donors (Lipinski definition) is 3. The molecule has 4 rings (SSSR count). The zero-order valence-electron chi connectivity index (χ0n) is 15.8. The molecular weight excluding hydrogens is 395 g/mol. The molecule has 0 spiro atoms. The lowest BCUT2D eigenvalue weighted by Gasteiger charge is -2.28. The van der Waals surface area contributed by atoms with Gasteiger partial charge in [-0.05, 0) is 17.7 Å². The van der Waals surface area contributed by atoms with E-state index >= 15 is 0 Å². The Bertz CT molecular complexity index is 1250. The third-order valence-electron chi connectivity index (χ3n) is 4.97. The van der Waals surface area contributed by atoms with Crippen molar-refractivity contribution in [3.8, 4) is 11.5 Å². The molecule has 1 aliphatic heterocycles. The van der Waals surface area contributed by atoms with E-state index in [1.54, 1.807) is 12.1 Å². The summed E-state index contributed by atoms with van der Waals surface area (Å²) in [6.45, 7) is -0.190. The number of aromatic nitrogens is 2. The molecule has 0 fully saturated rings. The van der Waals surface area contributed by atoms with E-state index in [0.717, 1.165) is 10.1 Å². The molecule has 1 aliphatic rings. The van der Waals surface area contributed by atoms with Gasteiger partial charge in [0.1, 0.15) is 22.4 Å². The number of carbonyl (C=O) groups is 2. The van der Waals surface area contributed by atoms with Gasteiger partial charge in [-0.2, -0.15) is 0 Å². The van der Waals surface area contributed by atoms with Crippen LogP contribution in [0, 0.1) is 5.82 Å². The van der Waals surface area contributed by atoms with E-state index in [1.165, 1.54) is 25.4 Å². The highest BCUT2D eigenvalue weighted by Gasteiger charge is 2.33. The van der Waals surface area contributed by atoms with Crippen LogP contribution in [0.3, 0.4) is 0 Å². The largest absolute Gasteiger partial charge is 0.505 e. The Morgan fingerprint density at radius 3 is 2.70 bits per heavy atom. The molecule has 0 saturated heterocycles. The number of halogens is 1. The summed E-state index contributed by atoms with van der Waals surface area (Å²) in [5.41, 5.74) is 5.19. The molecule has 0 saturated carbocycles. The van der Waals surface area contributed by atoms with Crippen LogP contribution in [0.5, 0.6) is 11.5 Å². The minimum Gasteiger partial charge on any atom is -0.505 e. The molecule has 3 aromatic rings. The number of ether oxygens (including phenoxy) is 1. The molecular formula is C20H17FN4O5. The molecule has 30 heavy (non-hydrogen) atoms. The minimum absolute atomic E-state index is 0.0448. The highest BCUT2D eigenvalue weighted by atomic mass is 19.1. The predicted molar refractivity (Wildman–Crippen MR) is 104 cm³/mol. The maximum absolute atomic E-state index is 13.2. The van der Waals surface area contributed by atoms with Gasteiger partial charge < -0.3 is 20.9 Å². The van der Waals surface area contributed by atoms with Gasteiger partial charge in [0, 0.05) is 25.2 Å². The fraction of sp³-hybridized carbons (Fsp3) is 0.200.